The third-order valence-corrected chi connectivity index (χ3v) is 5.10. The molecule has 0 spiro atoms. The molecule has 0 aromatic carbocycles. The quantitative estimate of drug-likeness (QED) is 0.890. The van der Waals surface area contributed by atoms with Crippen LogP contribution in [-0.4, -0.2) is 45.9 Å². The lowest BCUT2D eigenvalue weighted by molar-refractivity contribution is 0.338. The van der Waals surface area contributed by atoms with Crippen molar-refractivity contribution in [3.63, 3.8) is 0 Å². The zero-order chi connectivity index (χ0) is 16.0. The Morgan fingerprint density at radius 2 is 2.26 bits per heavy atom. The van der Waals surface area contributed by atoms with Crippen LogP contribution in [0.5, 0.6) is 0 Å². The standard InChI is InChI=1S/C16H23N7/c1-11-4-18-15(20-13-6-19-22(3)8-13)21-14(11)23-7-12-5-17-9-16(12,2)10-23/h4,6,8,12,17H,5,7,9-10H2,1-3H3,(H,18,20,21). The van der Waals surface area contributed by atoms with Crippen LogP contribution in [0.25, 0.3) is 0 Å². The molecular weight excluding hydrogens is 290 g/mol. The lowest BCUT2D eigenvalue weighted by Gasteiger charge is -2.24. The summed E-state index contributed by atoms with van der Waals surface area (Å²) < 4.78 is 1.76. The van der Waals surface area contributed by atoms with E-state index < -0.39 is 0 Å². The van der Waals surface area contributed by atoms with Crippen LogP contribution in [-0.2, 0) is 7.05 Å². The van der Waals surface area contributed by atoms with Crippen molar-refractivity contribution in [3.8, 4) is 0 Å². The Hall–Kier alpha value is -2.15. The average Bonchev–Trinajstić information content (AvgIpc) is 3.14. The van der Waals surface area contributed by atoms with E-state index in [0.29, 0.717) is 17.3 Å². The highest BCUT2D eigenvalue weighted by atomic mass is 15.3. The summed E-state index contributed by atoms with van der Waals surface area (Å²) >= 11 is 0. The first kappa shape index (κ1) is 14.4. The predicted molar refractivity (Wildman–Crippen MR) is 89.9 cm³/mol. The minimum atomic E-state index is 0.355. The molecule has 4 rings (SSSR count). The molecule has 0 amide bonds. The van der Waals surface area contributed by atoms with Gasteiger partial charge in [0.05, 0.1) is 11.9 Å². The van der Waals surface area contributed by atoms with Crippen molar-refractivity contribution in [1.82, 2.24) is 25.1 Å². The fourth-order valence-corrected chi connectivity index (χ4v) is 3.75. The number of rotatable bonds is 3. The molecule has 2 aromatic rings. The molecule has 2 unspecified atom stereocenters. The Balaban J connectivity index is 1.58. The van der Waals surface area contributed by atoms with Gasteiger partial charge in [0, 0.05) is 56.6 Å². The second kappa shape index (κ2) is 5.19. The van der Waals surface area contributed by atoms with Gasteiger partial charge in [0.15, 0.2) is 0 Å². The van der Waals surface area contributed by atoms with Crippen molar-refractivity contribution in [1.29, 1.82) is 0 Å². The fraction of sp³-hybridized carbons (Fsp3) is 0.562. The number of hydrogen-bond acceptors (Lipinski definition) is 6. The molecule has 2 N–H and O–H groups in total. The molecule has 2 aromatic heterocycles. The van der Waals surface area contributed by atoms with E-state index in [1.54, 1.807) is 10.9 Å². The Morgan fingerprint density at radius 1 is 1.39 bits per heavy atom. The van der Waals surface area contributed by atoms with Gasteiger partial charge in [-0.05, 0) is 12.8 Å². The maximum Gasteiger partial charge on any atom is 0.229 e. The van der Waals surface area contributed by atoms with Crippen LogP contribution in [0.15, 0.2) is 18.6 Å². The molecule has 0 radical (unpaired) electrons. The highest BCUT2D eigenvalue weighted by molar-refractivity contribution is 5.56. The number of aryl methyl sites for hydroxylation is 2. The van der Waals surface area contributed by atoms with Crippen LogP contribution < -0.4 is 15.5 Å². The Bertz CT molecular complexity index is 725. The summed E-state index contributed by atoms with van der Waals surface area (Å²) in [6, 6.07) is 0. The van der Waals surface area contributed by atoms with Gasteiger partial charge in [0.2, 0.25) is 5.95 Å². The van der Waals surface area contributed by atoms with Gasteiger partial charge in [-0.2, -0.15) is 10.1 Å². The van der Waals surface area contributed by atoms with Gasteiger partial charge in [-0.1, -0.05) is 6.92 Å². The van der Waals surface area contributed by atoms with Crippen LogP contribution in [0.1, 0.15) is 12.5 Å². The Kier molecular flexibility index (Phi) is 3.26. The zero-order valence-electron chi connectivity index (χ0n) is 13.9. The molecule has 0 bridgehead atoms. The summed E-state index contributed by atoms with van der Waals surface area (Å²) in [5.41, 5.74) is 2.38. The van der Waals surface area contributed by atoms with E-state index in [-0.39, 0.29) is 0 Å². The minimum absolute atomic E-state index is 0.355. The van der Waals surface area contributed by atoms with Crippen LogP contribution >= 0.6 is 0 Å². The molecule has 2 aliphatic rings. The second-order valence-electron chi connectivity index (χ2n) is 7.09. The van der Waals surface area contributed by atoms with Crippen molar-refractivity contribution < 1.29 is 0 Å². The van der Waals surface area contributed by atoms with E-state index in [1.807, 2.05) is 19.4 Å². The monoisotopic (exact) mass is 313 g/mol. The summed E-state index contributed by atoms with van der Waals surface area (Å²) in [6.45, 7) is 8.78. The second-order valence-corrected chi connectivity index (χ2v) is 7.09. The lowest BCUT2D eigenvalue weighted by atomic mass is 9.83. The van der Waals surface area contributed by atoms with Gasteiger partial charge in [-0.3, -0.25) is 4.68 Å². The maximum absolute atomic E-state index is 4.76. The molecule has 4 heterocycles. The number of fused-ring (bicyclic) bond motifs is 1. The average molecular weight is 313 g/mol. The van der Waals surface area contributed by atoms with E-state index in [4.69, 9.17) is 4.98 Å². The molecule has 23 heavy (non-hydrogen) atoms. The summed E-state index contributed by atoms with van der Waals surface area (Å²) in [7, 11) is 1.89. The van der Waals surface area contributed by atoms with Gasteiger partial charge in [-0.25, -0.2) is 4.98 Å². The molecule has 2 aliphatic heterocycles. The van der Waals surface area contributed by atoms with E-state index in [2.05, 4.69) is 39.5 Å². The van der Waals surface area contributed by atoms with Gasteiger partial charge < -0.3 is 15.5 Å². The van der Waals surface area contributed by atoms with Gasteiger partial charge in [0.25, 0.3) is 0 Å². The Morgan fingerprint density at radius 3 is 3.00 bits per heavy atom. The molecule has 0 aliphatic carbocycles. The Labute approximate surface area is 136 Å². The van der Waals surface area contributed by atoms with E-state index in [0.717, 1.165) is 43.2 Å². The van der Waals surface area contributed by atoms with Crippen molar-refractivity contribution in [2.45, 2.75) is 13.8 Å². The summed E-state index contributed by atoms with van der Waals surface area (Å²) in [4.78, 5) is 11.6. The first-order valence-corrected chi connectivity index (χ1v) is 8.08. The predicted octanol–water partition coefficient (Wildman–Crippen LogP) is 1.31. The minimum Gasteiger partial charge on any atom is -0.355 e. The largest absolute Gasteiger partial charge is 0.355 e. The summed E-state index contributed by atoms with van der Waals surface area (Å²) in [5.74, 6) is 2.37. The number of aromatic nitrogens is 4. The number of anilines is 3. The van der Waals surface area contributed by atoms with Crippen LogP contribution in [0.4, 0.5) is 17.5 Å². The summed E-state index contributed by atoms with van der Waals surface area (Å²) in [5, 5.41) is 10.9. The topological polar surface area (TPSA) is 70.9 Å². The zero-order valence-corrected chi connectivity index (χ0v) is 13.9. The molecule has 2 saturated heterocycles. The van der Waals surface area contributed by atoms with Crippen LogP contribution in [0, 0.1) is 18.3 Å². The first-order chi connectivity index (χ1) is 11.0. The fourth-order valence-electron chi connectivity index (χ4n) is 3.75. The number of hydrogen-bond donors (Lipinski definition) is 2. The molecule has 7 nitrogen and oxygen atoms in total. The van der Waals surface area contributed by atoms with Gasteiger partial charge >= 0.3 is 0 Å². The van der Waals surface area contributed by atoms with E-state index in [1.165, 1.54) is 0 Å². The molecule has 2 fully saturated rings. The van der Waals surface area contributed by atoms with Gasteiger partial charge in [0.1, 0.15) is 5.82 Å². The third-order valence-electron chi connectivity index (χ3n) is 5.10. The molecule has 122 valence electrons. The van der Waals surface area contributed by atoms with Crippen molar-refractivity contribution >= 4 is 17.5 Å². The van der Waals surface area contributed by atoms with Gasteiger partial charge in [-0.15, -0.1) is 0 Å². The number of nitrogens with zero attached hydrogens (tertiary/aromatic N) is 5. The van der Waals surface area contributed by atoms with E-state index in [9.17, 15) is 0 Å². The van der Waals surface area contributed by atoms with E-state index >= 15 is 0 Å². The van der Waals surface area contributed by atoms with Crippen molar-refractivity contribution in [2.75, 3.05) is 36.4 Å². The molecule has 0 saturated carbocycles. The first-order valence-electron chi connectivity index (χ1n) is 8.08. The smallest absolute Gasteiger partial charge is 0.229 e. The molecular formula is C16H23N7. The maximum atomic E-state index is 4.76. The van der Waals surface area contributed by atoms with Crippen LogP contribution in [0.3, 0.4) is 0 Å². The third kappa shape index (κ3) is 2.55. The SMILES string of the molecule is Cc1cnc(Nc2cnn(C)c2)nc1N1CC2CNCC2(C)C1. The van der Waals surface area contributed by atoms with Crippen LogP contribution in [0.2, 0.25) is 0 Å². The summed E-state index contributed by atoms with van der Waals surface area (Å²) in [6.07, 6.45) is 5.58. The molecule has 7 heteroatoms. The highest BCUT2D eigenvalue weighted by Crippen LogP contribution is 2.40. The van der Waals surface area contributed by atoms with Crippen molar-refractivity contribution in [2.24, 2.45) is 18.4 Å². The molecule has 2 atom stereocenters. The highest BCUT2D eigenvalue weighted by Gasteiger charge is 2.46. The normalized spacial score (nSPS) is 26.6. The number of nitrogens with one attached hydrogen (secondary N) is 2. The lowest BCUT2D eigenvalue weighted by Crippen LogP contribution is -2.30. The van der Waals surface area contributed by atoms with Crippen molar-refractivity contribution in [3.05, 3.63) is 24.2 Å².